The van der Waals surface area contributed by atoms with E-state index in [9.17, 15) is 9.59 Å². The summed E-state index contributed by atoms with van der Waals surface area (Å²) in [5.74, 6) is -0.739. The number of nitrogens with zero attached hydrogens (tertiary/aromatic N) is 1. The highest BCUT2D eigenvalue weighted by Crippen LogP contribution is 2.37. The highest BCUT2D eigenvalue weighted by Gasteiger charge is 2.21. The molecule has 0 atom stereocenters. The number of nitrogens with one attached hydrogen (secondary N) is 2. The second-order valence-electron chi connectivity index (χ2n) is 6.81. The minimum absolute atomic E-state index is 0.358. The summed E-state index contributed by atoms with van der Waals surface area (Å²) < 4.78 is 1.84. The predicted octanol–water partition coefficient (Wildman–Crippen LogP) is 7.32. The van der Waals surface area contributed by atoms with E-state index in [0.717, 1.165) is 20.2 Å². The number of fused-ring (bicyclic) bond motifs is 2. The number of hydrogen-bond acceptors (Lipinski definition) is 5. The first-order valence-corrected chi connectivity index (χ1v) is 11.8. The van der Waals surface area contributed by atoms with Gasteiger partial charge in [-0.25, -0.2) is 0 Å². The van der Waals surface area contributed by atoms with Crippen molar-refractivity contribution in [3.63, 3.8) is 0 Å². The minimum Gasteiger partial charge on any atom is -0.319 e. The Labute approximate surface area is 200 Å². The number of thiophene rings is 2. The van der Waals surface area contributed by atoms with E-state index < -0.39 is 0 Å². The van der Waals surface area contributed by atoms with Crippen molar-refractivity contribution in [2.75, 3.05) is 10.6 Å². The van der Waals surface area contributed by atoms with Crippen molar-refractivity contribution in [2.45, 2.75) is 0 Å². The minimum atomic E-state index is -0.375. The van der Waals surface area contributed by atoms with Gasteiger partial charge in [0.1, 0.15) is 9.75 Å². The third-order valence-electron chi connectivity index (χ3n) is 4.80. The van der Waals surface area contributed by atoms with Crippen LogP contribution in [0.3, 0.4) is 0 Å². The Morgan fingerprint density at radius 2 is 1.22 bits per heavy atom. The van der Waals surface area contributed by atoms with Crippen LogP contribution in [-0.2, 0) is 0 Å². The number of benzene rings is 2. The monoisotopic (exact) mass is 497 g/mol. The largest absolute Gasteiger partial charge is 0.319 e. The molecule has 32 heavy (non-hydrogen) atoms. The maximum absolute atomic E-state index is 12.9. The van der Waals surface area contributed by atoms with E-state index in [1.807, 2.05) is 48.5 Å². The highest BCUT2D eigenvalue weighted by molar-refractivity contribution is 7.22. The van der Waals surface area contributed by atoms with E-state index in [1.54, 1.807) is 6.07 Å². The molecule has 5 aromatic rings. The number of rotatable bonds is 4. The number of carbonyl (C=O) groups excluding carboxylic acids is 2. The molecule has 0 aliphatic heterocycles. The van der Waals surface area contributed by atoms with Gasteiger partial charge in [0.15, 0.2) is 0 Å². The lowest BCUT2D eigenvalue weighted by Crippen LogP contribution is -2.16. The molecule has 0 aliphatic rings. The molecule has 5 nitrogen and oxygen atoms in total. The SMILES string of the molecule is O=C(Nc1ccncc1NC(=O)c1sc2ccccc2c1Cl)c1sc2ccccc2c1Cl. The topological polar surface area (TPSA) is 71.1 Å². The van der Waals surface area contributed by atoms with Crippen molar-refractivity contribution < 1.29 is 9.59 Å². The van der Waals surface area contributed by atoms with Crippen LogP contribution in [0.2, 0.25) is 10.0 Å². The molecule has 0 unspecified atom stereocenters. The predicted molar refractivity (Wildman–Crippen MR) is 134 cm³/mol. The van der Waals surface area contributed by atoms with Gasteiger partial charge in [0.05, 0.1) is 27.6 Å². The highest BCUT2D eigenvalue weighted by atomic mass is 35.5. The van der Waals surface area contributed by atoms with Gasteiger partial charge in [-0.2, -0.15) is 0 Å². The maximum Gasteiger partial charge on any atom is 0.267 e. The molecule has 0 bridgehead atoms. The van der Waals surface area contributed by atoms with Crippen molar-refractivity contribution in [1.82, 2.24) is 4.98 Å². The second kappa shape index (κ2) is 8.52. The Morgan fingerprint density at radius 1 is 0.719 bits per heavy atom. The third-order valence-corrected chi connectivity index (χ3v) is 8.15. The smallest absolute Gasteiger partial charge is 0.267 e. The summed E-state index contributed by atoms with van der Waals surface area (Å²) in [6.07, 6.45) is 3.01. The van der Waals surface area contributed by atoms with Gasteiger partial charge in [-0.15, -0.1) is 22.7 Å². The molecule has 0 radical (unpaired) electrons. The van der Waals surface area contributed by atoms with Crippen LogP contribution in [0.4, 0.5) is 11.4 Å². The molecule has 0 saturated heterocycles. The first-order valence-electron chi connectivity index (χ1n) is 9.43. The number of amides is 2. The van der Waals surface area contributed by atoms with Gasteiger partial charge in [-0.05, 0) is 18.2 Å². The molecule has 2 N–H and O–H groups in total. The number of pyridine rings is 1. The summed E-state index contributed by atoms with van der Waals surface area (Å²) in [4.78, 5) is 30.7. The molecule has 9 heteroatoms. The van der Waals surface area contributed by atoms with E-state index in [2.05, 4.69) is 15.6 Å². The fourth-order valence-corrected chi connectivity index (χ4v) is 6.11. The van der Waals surface area contributed by atoms with Gasteiger partial charge in [-0.1, -0.05) is 59.6 Å². The third kappa shape index (κ3) is 3.73. The van der Waals surface area contributed by atoms with Crippen LogP contribution in [0.5, 0.6) is 0 Å². The molecular formula is C23H13Cl2N3O2S2. The lowest BCUT2D eigenvalue weighted by atomic mass is 10.2. The molecule has 5 rings (SSSR count). The van der Waals surface area contributed by atoms with Crippen molar-refractivity contribution in [3.8, 4) is 0 Å². The Balaban J connectivity index is 1.42. The Bertz CT molecular complexity index is 1400. The quantitative estimate of drug-likeness (QED) is 0.273. The van der Waals surface area contributed by atoms with Gasteiger partial charge < -0.3 is 10.6 Å². The van der Waals surface area contributed by atoms with Gasteiger partial charge >= 0.3 is 0 Å². The van der Waals surface area contributed by atoms with Crippen LogP contribution in [0.25, 0.3) is 20.2 Å². The molecular weight excluding hydrogens is 485 g/mol. The normalized spacial score (nSPS) is 11.1. The lowest BCUT2D eigenvalue weighted by Gasteiger charge is -2.11. The molecule has 0 spiro atoms. The summed E-state index contributed by atoms with van der Waals surface area (Å²) in [5.41, 5.74) is 0.765. The Morgan fingerprint density at radius 3 is 1.75 bits per heavy atom. The van der Waals surface area contributed by atoms with E-state index in [0.29, 0.717) is 31.2 Å². The Hall–Kier alpha value is -2.97. The van der Waals surface area contributed by atoms with E-state index in [-0.39, 0.29) is 11.8 Å². The molecule has 2 amide bonds. The van der Waals surface area contributed by atoms with Crippen molar-refractivity contribution in [1.29, 1.82) is 0 Å². The van der Waals surface area contributed by atoms with E-state index >= 15 is 0 Å². The van der Waals surface area contributed by atoms with E-state index in [4.69, 9.17) is 23.2 Å². The number of carbonyl (C=O) groups is 2. The van der Waals surface area contributed by atoms with Crippen molar-refractivity contribution >= 4 is 89.2 Å². The molecule has 158 valence electrons. The fourth-order valence-electron chi connectivity index (χ4n) is 3.28. The average molecular weight is 498 g/mol. The summed E-state index contributed by atoms with van der Waals surface area (Å²) in [5, 5.41) is 8.09. The zero-order valence-corrected chi connectivity index (χ0v) is 19.3. The van der Waals surface area contributed by atoms with Gasteiger partial charge in [0.25, 0.3) is 11.8 Å². The standard InChI is InChI=1S/C23H13Cl2N3O2S2/c24-18-12-5-1-3-7-16(12)31-20(18)22(29)27-14-9-10-26-11-15(14)28-23(30)21-19(25)13-6-2-4-8-17(13)32-21/h1-11H,(H,28,30)(H,26,27,29). The molecule has 3 aromatic heterocycles. The van der Waals surface area contributed by atoms with Gasteiger partial charge in [0.2, 0.25) is 0 Å². The summed E-state index contributed by atoms with van der Waals surface area (Å²) in [7, 11) is 0. The number of aromatic nitrogens is 1. The number of anilines is 2. The molecule has 3 heterocycles. The van der Waals surface area contributed by atoms with Crippen LogP contribution in [0.15, 0.2) is 67.0 Å². The lowest BCUT2D eigenvalue weighted by molar-refractivity contribution is 0.102. The van der Waals surface area contributed by atoms with Crippen LogP contribution in [0.1, 0.15) is 19.3 Å². The second-order valence-corrected chi connectivity index (χ2v) is 9.67. The van der Waals surface area contributed by atoms with Crippen LogP contribution < -0.4 is 10.6 Å². The first-order chi connectivity index (χ1) is 15.5. The maximum atomic E-state index is 12.9. The average Bonchev–Trinajstić information content (AvgIpc) is 3.33. The van der Waals surface area contributed by atoms with Crippen LogP contribution in [-0.4, -0.2) is 16.8 Å². The van der Waals surface area contributed by atoms with Gasteiger partial charge in [0, 0.05) is 26.4 Å². The Kier molecular flexibility index (Phi) is 5.57. The molecule has 0 fully saturated rings. The zero-order chi connectivity index (χ0) is 22.2. The van der Waals surface area contributed by atoms with Crippen molar-refractivity contribution in [3.05, 3.63) is 86.8 Å². The molecule has 2 aromatic carbocycles. The zero-order valence-electron chi connectivity index (χ0n) is 16.2. The van der Waals surface area contributed by atoms with Crippen molar-refractivity contribution in [2.24, 2.45) is 0 Å². The fraction of sp³-hybridized carbons (Fsp3) is 0. The number of hydrogen-bond donors (Lipinski definition) is 2. The van der Waals surface area contributed by atoms with Crippen LogP contribution >= 0.6 is 45.9 Å². The van der Waals surface area contributed by atoms with Gasteiger partial charge in [-0.3, -0.25) is 14.6 Å². The summed E-state index contributed by atoms with van der Waals surface area (Å²) in [6.45, 7) is 0. The summed E-state index contributed by atoms with van der Waals surface area (Å²) >= 11 is 15.5. The van der Waals surface area contributed by atoms with E-state index in [1.165, 1.54) is 35.1 Å². The number of halogens is 2. The first kappa shape index (κ1) is 20.9. The van der Waals surface area contributed by atoms with Crippen LogP contribution in [0, 0.1) is 0 Å². The molecule has 0 saturated carbocycles. The molecule has 0 aliphatic carbocycles. The summed E-state index contributed by atoms with van der Waals surface area (Å²) in [6, 6.07) is 16.7.